The summed E-state index contributed by atoms with van der Waals surface area (Å²) in [7, 11) is 4.31. The van der Waals surface area contributed by atoms with Crippen molar-refractivity contribution in [3.63, 3.8) is 0 Å². The fourth-order valence-corrected chi connectivity index (χ4v) is 4.88. The van der Waals surface area contributed by atoms with Crippen molar-refractivity contribution in [2.45, 2.75) is 63.9 Å². The maximum absolute atomic E-state index is 14.2. The Bertz CT molecular complexity index is 1120. The molecule has 6 heteroatoms. The van der Waals surface area contributed by atoms with E-state index < -0.39 is 5.91 Å². The summed E-state index contributed by atoms with van der Waals surface area (Å²) >= 11 is 0. The molecule has 1 aliphatic rings. The van der Waals surface area contributed by atoms with Crippen molar-refractivity contribution in [2.75, 3.05) is 11.9 Å². The molecular formula is C27H33FN3OP. The summed E-state index contributed by atoms with van der Waals surface area (Å²) in [6.07, 6.45) is 4.75. The monoisotopic (exact) mass is 465 g/mol. The van der Waals surface area contributed by atoms with Crippen molar-refractivity contribution in [3.8, 4) is 0 Å². The highest BCUT2D eigenvalue weighted by Crippen LogP contribution is 2.35. The average molecular weight is 466 g/mol. The number of amides is 1. The van der Waals surface area contributed by atoms with Crippen LogP contribution in [0.3, 0.4) is 0 Å². The standard InChI is InChI=1S/C27H33FN3OP/c1-4-18-7-14-23-22(15-18)25(16-24(30-23)26(28)33)31(3)21-12-10-20(11-13-21)29-27(32)19-8-5-17(2)6-9-19/h5-9,14-16,20-21,26H,4,10-13,33H2,1-3H3,(H,29,32). The van der Waals surface area contributed by atoms with Crippen LogP contribution in [0.2, 0.25) is 0 Å². The van der Waals surface area contributed by atoms with E-state index in [0.717, 1.165) is 54.3 Å². The van der Waals surface area contributed by atoms with Crippen LogP contribution >= 0.6 is 9.24 Å². The van der Waals surface area contributed by atoms with Gasteiger partial charge in [0.25, 0.3) is 5.91 Å². The first-order valence-electron chi connectivity index (χ1n) is 11.8. The Balaban J connectivity index is 1.48. The molecule has 1 fully saturated rings. The zero-order chi connectivity index (χ0) is 23.5. The van der Waals surface area contributed by atoms with Crippen LogP contribution in [0.1, 0.15) is 65.7 Å². The van der Waals surface area contributed by atoms with E-state index in [1.165, 1.54) is 5.56 Å². The van der Waals surface area contributed by atoms with Crippen molar-refractivity contribution in [2.24, 2.45) is 0 Å². The number of alkyl halides is 1. The van der Waals surface area contributed by atoms with Gasteiger partial charge in [0.05, 0.1) is 11.2 Å². The molecule has 3 aromatic rings. The van der Waals surface area contributed by atoms with Crippen LogP contribution in [0.25, 0.3) is 10.9 Å². The second-order valence-corrected chi connectivity index (χ2v) is 9.71. The van der Waals surface area contributed by atoms with Crippen LogP contribution in [0.4, 0.5) is 10.1 Å². The minimum atomic E-state index is -1.19. The van der Waals surface area contributed by atoms with Gasteiger partial charge in [-0.05, 0) is 74.9 Å². The Labute approximate surface area is 198 Å². The molecule has 4 rings (SSSR count). The first-order valence-corrected chi connectivity index (χ1v) is 12.5. The van der Waals surface area contributed by atoms with E-state index in [0.29, 0.717) is 17.3 Å². The number of nitrogens with one attached hydrogen (secondary N) is 1. The fourth-order valence-electron chi connectivity index (χ4n) is 4.71. The second-order valence-electron chi connectivity index (χ2n) is 9.13. The Morgan fingerprint density at radius 1 is 1.15 bits per heavy atom. The number of benzene rings is 2. The SMILES string of the molecule is CCc1ccc2nc(C(F)P)cc(N(C)C3CCC(NC(=O)c4ccc(C)cc4)CC3)c2c1. The van der Waals surface area contributed by atoms with Gasteiger partial charge >= 0.3 is 0 Å². The summed E-state index contributed by atoms with van der Waals surface area (Å²) in [5.41, 5.74) is 5.40. The molecule has 174 valence electrons. The van der Waals surface area contributed by atoms with Gasteiger partial charge in [-0.3, -0.25) is 4.79 Å². The lowest BCUT2D eigenvalue weighted by Gasteiger charge is -2.37. The molecule has 33 heavy (non-hydrogen) atoms. The largest absolute Gasteiger partial charge is 0.371 e. The van der Waals surface area contributed by atoms with Gasteiger partial charge in [-0.25, -0.2) is 9.37 Å². The molecule has 2 unspecified atom stereocenters. The molecule has 0 aliphatic heterocycles. The Morgan fingerprint density at radius 3 is 2.48 bits per heavy atom. The van der Waals surface area contributed by atoms with Gasteiger partial charge in [-0.1, -0.05) is 39.9 Å². The van der Waals surface area contributed by atoms with Gasteiger partial charge in [0.2, 0.25) is 0 Å². The second kappa shape index (κ2) is 10.2. The molecule has 0 radical (unpaired) electrons. The Hall–Kier alpha value is -2.52. The summed E-state index contributed by atoms with van der Waals surface area (Å²) < 4.78 is 14.2. The molecule has 1 N–H and O–H groups in total. The van der Waals surface area contributed by atoms with Crippen molar-refractivity contribution >= 4 is 31.7 Å². The van der Waals surface area contributed by atoms with Crippen LogP contribution < -0.4 is 10.2 Å². The number of nitrogens with zero attached hydrogens (tertiary/aromatic N) is 2. The van der Waals surface area contributed by atoms with Crippen LogP contribution in [0.15, 0.2) is 48.5 Å². The van der Waals surface area contributed by atoms with Crippen molar-refractivity contribution in [3.05, 3.63) is 70.9 Å². The molecule has 1 saturated carbocycles. The van der Waals surface area contributed by atoms with Gasteiger partial charge < -0.3 is 10.2 Å². The minimum absolute atomic E-state index is 0.00176. The summed E-state index contributed by atoms with van der Waals surface area (Å²) in [5, 5.41) is 4.27. The lowest BCUT2D eigenvalue weighted by molar-refractivity contribution is 0.0926. The number of pyridine rings is 1. The number of hydrogen-bond donors (Lipinski definition) is 1. The van der Waals surface area contributed by atoms with E-state index in [2.05, 4.69) is 50.5 Å². The number of aryl methyl sites for hydroxylation is 2. The summed E-state index contributed by atoms with van der Waals surface area (Å²) in [4.78, 5) is 19.4. The first kappa shape index (κ1) is 23.6. The van der Waals surface area contributed by atoms with Crippen LogP contribution in [0.5, 0.6) is 0 Å². The zero-order valence-corrected chi connectivity index (χ0v) is 20.8. The molecule has 1 aliphatic carbocycles. The van der Waals surface area contributed by atoms with Crippen molar-refractivity contribution in [1.29, 1.82) is 0 Å². The molecule has 0 saturated heterocycles. The smallest absolute Gasteiger partial charge is 0.251 e. The van der Waals surface area contributed by atoms with E-state index in [1.54, 1.807) is 0 Å². The minimum Gasteiger partial charge on any atom is -0.371 e. The molecule has 1 amide bonds. The zero-order valence-electron chi connectivity index (χ0n) is 19.6. The topological polar surface area (TPSA) is 45.2 Å². The Kier molecular flexibility index (Phi) is 7.29. The third-order valence-corrected chi connectivity index (χ3v) is 7.18. The lowest BCUT2D eigenvalue weighted by Crippen LogP contribution is -2.43. The number of halogens is 1. The number of carbonyl (C=O) groups excluding carboxylic acids is 1. The van der Waals surface area contributed by atoms with Crippen molar-refractivity contribution in [1.82, 2.24) is 10.3 Å². The third kappa shape index (κ3) is 5.35. The van der Waals surface area contributed by atoms with E-state index >= 15 is 0 Å². The highest BCUT2D eigenvalue weighted by Gasteiger charge is 2.27. The van der Waals surface area contributed by atoms with Gasteiger partial charge in [-0.2, -0.15) is 0 Å². The Morgan fingerprint density at radius 2 is 1.85 bits per heavy atom. The summed E-state index contributed by atoms with van der Waals surface area (Å²) in [6, 6.07) is 16.4. The molecule has 1 heterocycles. The van der Waals surface area contributed by atoms with E-state index in [-0.39, 0.29) is 11.9 Å². The highest BCUT2D eigenvalue weighted by molar-refractivity contribution is 7.16. The number of hydrogen-bond acceptors (Lipinski definition) is 3. The normalized spacial score (nSPS) is 19.3. The van der Waals surface area contributed by atoms with Gasteiger partial charge in [0.1, 0.15) is 0 Å². The highest BCUT2D eigenvalue weighted by atomic mass is 31.0. The molecule has 0 spiro atoms. The van der Waals surface area contributed by atoms with Gasteiger partial charge in [0, 0.05) is 35.8 Å². The third-order valence-electron chi connectivity index (χ3n) is 6.84. The predicted molar refractivity (Wildman–Crippen MR) is 138 cm³/mol. The molecular weight excluding hydrogens is 432 g/mol. The van der Waals surface area contributed by atoms with Crippen LogP contribution in [0, 0.1) is 6.92 Å². The number of fused-ring (bicyclic) bond motifs is 1. The number of rotatable bonds is 6. The van der Waals surface area contributed by atoms with Crippen molar-refractivity contribution < 1.29 is 9.18 Å². The number of carbonyl (C=O) groups is 1. The fraction of sp³-hybridized carbons (Fsp3) is 0.407. The van der Waals surface area contributed by atoms with E-state index in [1.807, 2.05) is 43.3 Å². The summed E-state index contributed by atoms with van der Waals surface area (Å²) in [5.74, 6) is -1.20. The van der Waals surface area contributed by atoms with Crippen LogP contribution in [-0.2, 0) is 6.42 Å². The van der Waals surface area contributed by atoms with Gasteiger partial charge in [-0.15, -0.1) is 0 Å². The van der Waals surface area contributed by atoms with E-state index in [9.17, 15) is 9.18 Å². The molecule has 1 aromatic heterocycles. The maximum atomic E-state index is 14.2. The first-order chi connectivity index (χ1) is 15.9. The maximum Gasteiger partial charge on any atom is 0.251 e. The molecule has 2 aromatic carbocycles. The number of aromatic nitrogens is 1. The molecule has 0 bridgehead atoms. The van der Waals surface area contributed by atoms with Crippen LogP contribution in [-0.4, -0.2) is 30.0 Å². The van der Waals surface area contributed by atoms with E-state index in [4.69, 9.17) is 0 Å². The predicted octanol–water partition coefficient (Wildman–Crippen LogP) is 6.13. The number of anilines is 1. The average Bonchev–Trinajstić information content (AvgIpc) is 2.83. The molecule has 4 nitrogen and oxygen atoms in total. The summed E-state index contributed by atoms with van der Waals surface area (Å²) in [6.45, 7) is 4.16. The lowest BCUT2D eigenvalue weighted by atomic mass is 9.89. The quantitative estimate of drug-likeness (QED) is 0.446. The van der Waals surface area contributed by atoms with Gasteiger partial charge in [0.15, 0.2) is 5.91 Å². The molecule has 2 atom stereocenters.